The van der Waals surface area contributed by atoms with E-state index in [0.717, 1.165) is 19.3 Å². The quantitative estimate of drug-likeness (QED) is 0.230. The highest BCUT2D eigenvalue weighted by molar-refractivity contribution is 8.77. The van der Waals surface area contributed by atoms with Gasteiger partial charge in [0.15, 0.2) is 0 Å². The average molecular weight is 407 g/mol. The maximum absolute atomic E-state index is 11.8. The van der Waals surface area contributed by atoms with Crippen molar-refractivity contribution in [2.75, 3.05) is 5.75 Å². The number of carbonyl (C=O) groups excluding carboxylic acids is 3. The summed E-state index contributed by atoms with van der Waals surface area (Å²) in [5, 5.41) is 0.709. The van der Waals surface area contributed by atoms with Crippen LogP contribution in [0.2, 0.25) is 0 Å². The van der Waals surface area contributed by atoms with Crippen LogP contribution in [0.5, 0.6) is 0 Å². The molecule has 0 aliphatic carbocycles. The molecule has 1 rings (SSSR count). The fraction of sp³-hybridized carbons (Fsp3) is 0.833. The van der Waals surface area contributed by atoms with Gasteiger partial charge in [0, 0.05) is 24.3 Å². The van der Waals surface area contributed by atoms with Crippen LogP contribution < -0.4 is 0 Å². The molecule has 1 heterocycles. The van der Waals surface area contributed by atoms with Crippen molar-refractivity contribution in [3.8, 4) is 0 Å². The van der Waals surface area contributed by atoms with E-state index in [1.54, 1.807) is 20.8 Å². The second kappa shape index (κ2) is 11.7. The number of ether oxygens (including phenoxy) is 3. The zero-order chi connectivity index (χ0) is 19.6. The Labute approximate surface area is 163 Å². The highest BCUT2D eigenvalue weighted by Crippen LogP contribution is 2.39. The summed E-state index contributed by atoms with van der Waals surface area (Å²) in [5.74, 6) is -0.204. The van der Waals surface area contributed by atoms with Crippen molar-refractivity contribution in [3.05, 3.63) is 0 Å². The van der Waals surface area contributed by atoms with Gasteiger partial charge in [-0.05, 0) is 40.0 Å². The standard InChI is InChI=1S/C18H30O6S2/c1-13(23-16(20)9-10-17(21)24-18(2,3)4)22-15(19)8-6-5-7-14-11-12-25-26-14/h13-14H,5-12H2,1-4H3. The fourth-order valence-corrected chi connectivity index (χ4v) is 5.34. The Morgan fingerprint density at radius 2 is 1.62 bits per heavy atom. The van der Waals surface area contributed by atoms with E-state index in [1.165, 1.54) is 19.1 Å². The summed E-state index contributed by atoms with van der Waals surface area (Å²) in [6.07, 6.45) is 3.36. The van der Waals surface area contributed by atoms with E-state index in [1.807, 2.05) is 21.6 Å². The zero-order valence-electron chi connectivity index (χ0n) is 16.1. The van der Waals surface area contributed by atoms with Gasteiger partial charge < -0.3 is 14.2 Å². The van der Waals surface area contributed by atoms with Crippen LogP contribution >= 0.6 is 21.6 Å². The molecule has 1 fully saturated rings. The Bertz CT molecular complexity index is 469. The molecule has 1 aliphatic heterocycles. The summed E-state index contributed by atoms with van der Waals surface area (Å²) in [6.45, 7) is 6.78. The Hall–Kier alpha value is -0.890. The molecule has 2 unspecified atom stereocenters. The van der Waals surface area contributed by atoms with Crippen molar-refractivity contribution in [2.24, 2.45) is 0 Å². The predicted molar refractivity (Wildman–Crippen MR) is 104 cm³/mol. The number of carbonyl (C=O) groups is 3. The summed E-state index contributed by atoms with van der Waals surface area (Å²) in [4.78, 5) is 35.0. The third kappa shape index (κ3) is 11.7. The molecule has 0 radical (unpaired) electrons. The van der Waals surface area contributed by atoms with E-state index >= 15 is 0 Å². The van der Waals surface area contributed by atoms with Crippen LogP contribution in [0.15, 0.2) is 0 Å². The van der Waals surface area contributed by atoms with Crippen molar-refractivity contribution in [1.29, 1.82) is 0 Å². The summed E-state index contributed by atoms with van der Waals surface area (Å²) < 4.78 is 15.2. The van der Waals surface area contributed by atoms with Gasteiger partial charge >= 0.3 is 17.9 Å². The van der Waals surface area contributed by atoms with Gasteiger partial charge in [0.2, 0.25) is 6.29 Å². The summed E-state index contributed by atoms with van der Waals surface area (Å²) in [5.41, 5.74) is -0.584. The normalized spacial score (nSPS) is 18.2. The van der Waals surface area contributed by atoms with Gasteiger partial charge in [0.1, 0.15) is 5.60 Å². The predicted octanol–water partition coefficient (Wildman–Crippen LogP) is 4.25. The van der Waals surface area contributed by atoms with Gasteiger partial charge in [-0.3, -0.25) is 14.4 Å². The van der Waals surface area contributed by atoms with Gasteiger partial charge in [-0.15, -0.1) is 0 Å². The zero-order valence-corrected chi connectivity index (χ0v) is 17.7. The van der Waals surface area contributed by atoms with Gasteiger partial charge in [-0.25, -0.2) is 0 Å². The first-order chi connectivity index (χ1) is 12.2. The second-order valence-electron chi connectivity index (χ2n) is 7.21. The molecule has 0 aromatic carbocycles. The van der Waals surface area contributed by atoms with Crippen molar-refractivity contribution in [1.82, 2.24) is 0 Å². The molecule has 0 aromatic rings. The monoisotopic (exact) mass is 406 g/mol. The van der Waals surface area contributed by atoms with Gasteiger partial charge in [0.05, 0.1) is 12.8 Å². The Morgan fingerprint density at radius 1 is 1.00 bits per heavy atom. The Morgan fingerprint density at radius 3 is 2.19 bits per heavy atom. The van der Waals surface area contributed by atoms with Crippen molar-refractivity contribution < 1.29 is 28.6 Å². The molecule has 26 heavy (non-hydrogen) atoms. The number of hydrogen-bond acceptors (Lipinski definition) is 8. The molecule has 1 saturated heterocycles. The van der Waals surface area contributed by atoms with E-state index in [9.17, 15) is 14.4 Å². The van der Waals surface area contributed by atoms with Crippen molar-refractivity contribution >= 4 is 39.5 Å². The topological polar surface area (TPSA) is 78.9 Å². The number of rotatable bonds is 10. The van der Waals surface area contributed by atoms with Crippen LogP contribution in [0.3, 0.4) is 0 Å². The lowest BCUT2D eigenvalue weighted by atomic mass is 10.1. The first-order valence-corrected chi connectivity index (χ1v) is 11.4. The van der Waals surface area contributed by atoms with Gasteiger partial charge in [0.25, 0.3) is 0 Å². The van der Waals surface area contributed by atoms with Crippen molar-refractivity contribution in [2.45, 2.75) is 89.8 Å². The lowest BCUT2D eigenvalue weighted by Crippen LogP contribution is -2.25. The van der Waals surface area contributed by atoms with Crippen molar-refractivity contribution in [3.63, 3.8) is 0 Å². The minimum atomic E-state index is -0.949. The van der Waals surface area contributed by atoms with Crippen LogP contribution in [-0.4, -0.2) is 40.8 Å². The average Bonchev–Trinajstić information content (AvgIpc) is 3.01. The molecular weight excluding hydrogens is 376 g/mol. The SMILES string of the molecule is CC(OC(=O)CCCCC1CCSS1)OC(=O)CCC(=O)OC(C)(C)C. The number of hydrogen-bond donors (Lipinski definition) is 0. The van der Waals surface area contributed by atoms with E-state index in [0.29, 0.717) is 11.7 Å². The highest BCUT2D eigenvalue weighted by atomic mass is 33.1. The maximum Gasteiger partial charge on any atom is 0.309 e. The molecule has 0 spiro atoms. The van der Waals surface area contributed by atoms with Crippen LogP contribution in [0, 0.1) is 0 Å². The van der Waals surface area contributed by atoms with E-state index in [4.69, 9.17) is 14.2 Å². The smallest absolute Gasteiger partial charge is 0.309 e. The molecule has 1 aliphatic rings. The third-order valence-electron chi connectivity index (χ3n) is 3.43. The van der Waals surface area contributed by atoms with Gasteiger partial charge in [-0.2, -0.15) is 0 Å². The minimum absolute atomic E-state index is 0.0613. The van der Waals surface area contributed by atoms with Crippen LogP contribution in [-0.2, 0) is 28.6 Å². The molecule has 0 saturated carbocycles. The molecule has 8 heteroatoms. The molecule has 6 nitrogen and oxygen atoms in total. The van der Waals surface area contributed by atoms with E-state index in [2.05, 4.69) is 0 Å². The summed E-state index contributed by atoms with van der Waals surface area (Å²) in [7, 11) is 3.85. The molecule has 0 bridgehead atoms. The Balaban J connectivity index is 2.09. The summed E-state index contributed by atoms with van der Waals surface area (Å²) in [6, 6.07) is 0. The number of esters is 3. The molecule has 0 amide bonds. The molecule has 0 aromatic heterocycles. The lowest BCUT2D eigenvalue weighted by Gasteiger charge is -2.19. The second-order valence-corrected chi connectivity index (χ2v) is 10.00. The van der Waals surface area contributed by atoms with E-state index < -0.39 is 23.8 Å². The largest absolute Gasteiger partial charge is 0.460 e. The fourth-order valence-electron chi connectivity index (χ4n) is 2.31. The molecular formula is C18H30O6S2. The van der Waals surface area contributed by atoms with Gasteiger partial charge in [-0.1, -0.05) is 28.0 Å². The summed E-state index contributed by atoms with van der Waals surface area (Å²) >= 11 is 0. The van der Waals surface area contributed by atoms with Crippen LogP contribution in [0.4, 0.5) is 0 Å². The van der Waals surface area contributed by atoms with E-state index in [-0.39, 0.29) is 18.8 Å². The Kier molecular flexibility index (Phi) is 10.5. The third-order valence-corrected chi connectivity index (χ3v) is 6.44. The maximum atomic E-state index is 11.8. The molecule has 2 atom stereocenters. The number of unbranched alkanes of at least 4 members (excludes halogenated alkanes) is 1. The highest BCUT2D eigenvalue weighted by Gasteiger charge is 2.20. The van der Waals surface area contributed by atoms with Crippen LogP contribution in [0.25, 0.3) is 0 Å². The minimum Gasteiger partial charge on any atom is -0.460 e. The van der Waals surface area contributed by atoms with Crippen LogP contribution in [0.1, 0.15) is 72.6 Å². The first-order valence-electron chi connectivity index (χ1n) is 9.05. The lowest BCUT2D eigenvalue weighted by molar-refractivity contribution is -0.185. The first kappa shape index (κ1) is 23.1. The molecule has 150 valence electrons. The molecule has 0 N–H and O–H groups in total.